The van der Waals surface area contributed by atoms with E-state index >= 15 is 0 Å². The summed E-state index contributed by atoms with van der Waals surface area (Å²) >= 11 is 1.59. The maximum Gasteiger partial charge on any atom is 0.230 e. The van der Waals surface area contributed by atoms with Gasteiger partial charge in [-0.3, -0.25) is 4.79 Å². The Hall–Kier alpha value is -1.00. The van der Waals surface area contributed by atoms with E-state index < -0.39 is 0 Å². The van der Waals surface area contributed by atoms with E-state index in [-0.39, 0.29) is 11.9 Å². The molecule has 0 aromatic heterocycles. The Bertz CT molecular complexity index is 417. The van der Waals surface area contributed by atoms with Gasteiger partial charge in [0.2, 0.25) is 5.91 Å². The molecule has 1 unspecified atom stereocenters. The standard InChI is InChI=1S/C17H28N2OS/c1-5-14(4)19-17(20)12-21-16-8-6-15(7-9-16)11-18-10-13(2)3/h6-9,13-14,18H,5,10-12H2,1-4H3,(H,19,20). The molecule has 0 saturated carbocycles. The van der Waals surface area contributed by atoms with Crippen LogP contribution in [0.4, 0.5) is 0 Å². The highest BCUT2D eigenvalue weighted by molar-refractivity contribution is 8.00. The van der Waals surface area contributed by atoms with E-state index in [2.05, 4.69) is 55.7 Å². The van der Waals surface area contributed by atoms with Crippen molar-refractivity contribution >= 4 is 17.7 Å². The van der Waals surface area contributed by atoms with Crippen molar-refractivity contribution in [3.05, 3.63) is 29.8 Å². The Morgan fingerprint density at radius 1 is 1.19 bits per heavy atom. The van der Waals surface area contributed by atoms with Gasteiger partial charge in [0, 0.05) is 17.5 Å². The maximum absolute atomic E-state index is 11.7. The van der Waals surface area contributed by atoms with Crippen molar-refractivity contribution in [2.24, 2.45) is 5.92 Å². The van der Waals surface area contributed by atoms with Gasteiger partial charge in [-0.1, -0.05) is 32.9 Å². The molecule has 0 aliphatic rings. The second kappa shape index (κ2) is 9.85. The van der Waals surface area contributed by atoms with E-state index in [1.807, 2.05) is 6.92 Å². The van der Waals surface area contributed by atoms with Crippen LogP contribution in [0.15, 0.2) is 29.2 Å². The van der Waals surface area contributed by atoms with Gasteiger partial charge < -0.3 is 10.6 Å². The number of carbonyl (C=O) groups is 1. The molecule has 1 aromatic rings. The van der Waals surface area contributed by atoms with E-state index in [0.29, 0.717) is 11.7 Å². The molecular weight excluding hydrogens is 280 g/mol. The van der Waals surface area contributed by atoms with Gasteiger partial charge in [0.05, 0.1) is 5.75 Å². The molecule has 0 bridgehead atoms. The lowest BCUT2D eigenvalue weighted by Gasteiger charge is -2.11. The number of hydrogen-bond acceptors (Lipinski definition) is 3. The normalized spacial score (nSPS) is 12.4. The highest BCUT2D eigenvalue weighted by atomic mass is 32.2. The largest absolute Gasteiger partial charge is 0.353 e. The van der Waals surface area contributed by atoms with Crippen LogP contribution < -0.4 is 10.6 Å². The second-order valence-electron chi connectivity index (χ2n) is 5.83. The van der Waals surface area contributed by atoms with Gasteiger partial charge in [0.25, 0.3) is 0 Å². The molecule has 3 nitrogen and oxygen atoms in total. The van der Waals surface area contributed by atoms with Gasteiger partial charge in [0.15, 0.2) is 0 Å². The molecule has 0 heterocycles. The molecule has 1 rings (SSSR count). The average Bonchev–Trinajstić information content (AvgIpc) is 2.46. The van der Waals surface area contributed by atoms with Crippen LogP contribution in [-0.2, 0) is 11.3 Å². The van der Waals surface area contributed by atoms with Gasteiger partial charge in [0.1, 0.15) is 0 Å². The van der Waals surface area contributed by atoms with Crippen LogP contribution in [-0.4, -0.2) is 24.2 Å². The summed E-state index contributed by atoms with van der Waals surface area (Å²) in [6, 6.07) is 8.69. The lowest BCUT2D eigenvalue weighted by molar-refractivity contribution is -0.119. The van der Waals surface area contributed by atoms with Crippen molar-refractivity contribution in [3.63, 3.8) is 0 Å². The topological polar surface area (TPSA) is 41.1 Å². The number of rotatable bonds is 9. The van der Waals surface area contributed by atoms with E-state index in [1.54, 1.807) is 11.8 Å². The first-order valence-corrected chi connectivity index (χ1v) is 8.71. The molecule has 0 saturated heterocycles. The molecule has 21 heavy (non-hydrogen) atoms. The minimum atomic E-state index is 0.108. The minimum absolute atomic E-state index is 0.108. The van der Waals surface area contributed by atoms with Crippen LogP contribution in [0, 0.1) is 5.92 Å². The summed E-state index contributed by atoms with van der Waals surface area (Å²) in [5.41, 5.74) is 1.28. The van der Waals surface area contributed by atoms with Crippen molar-refractivity contribution in [3.8, 4) is 0 Å². The summed E-state index contributed by atoms with van der Waals surface area (Å²) in [4.78, 5) is 12.9. The van der Waals surface area contributed by atoms with Crippen molar-refractivity contribution in [1.82, 2.24) is 10.6 Å². The van der Waals surface area contributed by atoms with Crippen LogP contribution in [0.5, 0.6) is 0 Å². The Balaban J connectivity index is 2.32. The van der Waals surface area contributed by atoms with Crippen LogP contribution in [0.3, 0.4) is 0 Å². The predicted molar refractivity (Wildman–Crippen MR) is 91.6 cm³/mol. The van der Waals surface area contributed by atoms with E-state index in [0.717, 1.165) is 24.4 Å². The molecule has 0 radical (unpaired) electrons. The van der Waals surface area contributed by atoms with E-state index in [1.165, 1.54) is 5.56 Å². The third-order valence-corrected chi connectivity index (χ3v) is 4.21. The number of carbonyl (C=O) groups excluding carboxylic acids is 1. The zero-order valence-corrected chi connectivity index (χ0v) is 14.4. The number of hydrogen-bond donors (Lipinski definition) is 2. The minimum Gasteiger partial charge on any atom is -0.353 e. The maximum atomic E-state index is 11.7. The summed E-state index contributed by atoms with van der Waals surface area (Å²) < 4.78 is 0. The zero-order valence-electron chi connectivity index (χ0n) is 13.6. The Morgan fingerprint density at radius 2 is 1.86 bits per heavy atom. The Kier molecular flexibility index (Phi) is 8.47. The van der Waals surface area contributed by atoms with E-state index in [4.69, 9.17) is 0 Å². The molecule has 118 valence electrons. The zero-order chi connectivity index (χ0) is 15.7. The number of amides is 1. The number of benzene rings is 1. The first kappa shape index (κ1) is 18.1. The molecule has 0 aliphatic carbocycles. The van der Waals surface area contributed by atoms with Crippen molar-refractivity contribution in [2.45, 2.75) is 51.6 Å². The molecular formula is C17H28N2OS. The molecule has 1 aromatic carbocycles. The molecule has 4 heteroatoms. The first-order valence-electron chi connectivity index (χ1n) is 7.73. The summed E-state index contributed by atoms with van der Waals surface area (Å²) in [6.45, 7) is 10.4. The van der Waals surface area contributed by atoms with Gasteiger partial charge in [-0.2, -0.15) is 0 Å². The monoisotopic (exact) mass is 308 g/mol. The van der Waals surface area contributed by atoms with Gasteiger partial charge in [-0.25, -0.2) is 0 Å². The number of nitrogens with one attached hydrogen (secondary N) is 2. The smallest absolute Gasteiger partial charge is 0.230 e. The average molecular weight is 308 g/mol. The van der Waals surface area contributed by atoms with Crippen molar-refractivity contribution < 1.29 is 4.79 Å². The van der Waals surface area contributed by atoms with Crippen molar-refractivity contribution in [1.29, 1.82) is 0 Å². The fourth-order valence-corrected chi connectivity index (χ4v) is 2.49. The molecule has 0 fully saturated rings. The Morgan fingerprint density at radius 3 is 2.43 bits per heavy atom. The second-order valence-corrected chi connectivity index (χ2v) is 6.88. The summed E-state index contributed by atoms with van der Waals surface area (Å²) in [5.74, 6) is 1.26. The SMILES string of the molecule is CCC(C)NC(=O)CSc1ccc(CNCC(C)C)cc1. The van der Waals surface area contributed by atoms with Gasteiger partial charge in [-0.05, 0) is 43.5 Å². The van der Waals surface area contributed by atoms with Gasteiger partial charge >= 0.3 is 0 Å². The highest BCUT2D eigenvalue weighted by Crippen LogP contribution is 2.18. The third-order valence-electron chi connectivity index (χ3n) is 3.19. The quantitative estimate of drug-likeness (QED) is 0.687. The summed E-state index contributed by atoms with van der Waals surface area (Å²) in [7, 11) is 0. The first-order chi connectivity index (χ1) is 10.0. The summed E-state index contributed by atoms with van der Waals surface area (Å²) in [6.07, 6.45) is 0.967. The summed E-state index contributed by atoms with van der Waals surface area (Å²) in [5, 5.41) is 6.41. The van der Waals surface area contributed by atoms with Gasteiger partial charge in [-0.15, -0.1) is 11.8 Å². The molecule has 2 N–H and O–H groups in total. The third kappa shape index (κ3) is 8.12. The molecule has 1 atom stereocenters. The van der Waals surface area contributed by atoms with Crippen molar-refractivity contribution in [2.75, 3.05) is 12.3 Å². The Labute approximate surface area is 133 Å². The van der Waals surface area contributed by atoms with E-state index in [9.17, 15) is 4.79 Å². The van der Waals surface area contributed by atoms with Crippen LogP contribution in [0.1, 0.15) is 39.7 Å². The molecule has 0 aliphatic heterocycles. The highest BCUT2D eigenvalue weighted by Gasteiger charge is 2.06. The molecule has 1 amide bonds. The lowest BCUT2D eigenvalue weighted by atomic mass is 10.2. The van der Waals surface area contributed by atoms with Crippen LogP contribution in [0.2, 0.25) is 0 Å². The molecule has 0 spiro atoms. The predicted octanol–water partition coefficient (Wildman–Crippen LogP) is 3.44. The van der Waals surface area contributed by atoms with Crippen LogP contribution in [0.25, 0.3) is 0 Å². The lowest BCUT2D eigenvalue weighted by Crippen LogP contribution is -2.33. The van der Waals surface area contributed by atoms with Crippen LogP contribution >= 0.6 is 11.8 Å². The number of thioether (sulfide) groups is 1. The fraction of sp³-hybridized carbons (Fsp3) is 0.588. The fourth-order valence-electron chi connectivity index (χ4n) is 1.78.